The van der Waals surface area contributed by atoms with Crippen LogP contribution in [0.2, 0.25) is 0 Å². The van der Waals surface area contributed by atoms with Gasteiger partial charge in [0.1, 0.15) is 22.3 Å². The number of fused-ring (bicyclic) bond motifs is 6. The molecule has 9 aromatic carbocycles. The van der Waals surface area contributed by atoms with Crippen LogP contribution in [0, 0.1) is 0 Å². The SMILES string of the molecule is c1ccc(-c2ccc(N(c3ccc(-c4ccccc4-c4cccc5c4oc4ccccc45)cc3)c3ccc4c(c3)oc3cccc(-c5ccccc5)c34)cc2)cc1. The predicted octanol–water partition coefficient (Wildman–Crippen LogP) is 15.6. The number of anilines is 3. The molecule has 0 bridgehead atoms. The van der Waals surface area contributed by atoms with E-state index in [1.54, 1.807) is 0 Å². The van der Waals surface area contributed by atoms with Crippen molar-refractivity contribution in [2.75, 3.05) is 4.90 Å². The molecular formula is C54H35NO2. The molecular weight excluding hydrogens is 695 g/mol. The smallest absolute Gasteiger partial charge is 0.143 e. The van der Waals surface area contributed by atoms with Crippen LogP contribution in [0.5, 0.6) is 0 Å². The quantitative estimate of drug-likeness (QED) is 0.164. The topological polar surface area (TPSA) is 29.5 Å². The number of rotatable bonds is 7. The average Bonchev–Trinajstić information content (AvgIpc) is 3.86. The third kappa shape index (κ3) is 5.68. The van der Waals surface area contributed by atoms with Crippen LogP contribution >= 0.6 is 0 Å². The maximum absolute atomic E-state index is 6.60. The Hall–Kier alpha value is -7.62. The summed E-state index contributed by atoms with van der Waals surface area (Å²) in [5.41, 5.74) is 15.8. The molecule has 0 fully saturated rings. The Balaban J connectivity index is 1.02. The van der Waals surface area contributed by atoms with E-state index >= 15 is 0 Å². The van der Waals surface area contributed by atoms with Gasteiger partial charge in [0.15, 0.2) is 0 Å². The van der Waals surface area contributed by atoms with Gasteiger partial charge < -0.3 is 13.7 Å². The molecule has 0 saturated carbocycles. The summed E-state index contributed by atoms with van der Waals surface area (Å²) < 4.78 is 13.1. The molecule has 0 radical (unpaired) electrons. The Bertz CT molecular complexity index is 3210. The maximum atomic E-state index is 6.60. The van der Waals surface area contributed by atoms with Crippen molar-refractivity contribution in [1.29, 1.82) is 0 Å². The van der Waals surface area contributed by atoms with Crippen LogP contribution in [-0.2, 0) is 0 Å². The zero-order valence-electron chi connectivity index (χ0n) is 31.0. The summed E-state index contributed by atoms with van der Waals surface area (Å²) in [6.45, 7) is 0. The minimum atomic E-state index is 0.849. The molecule has 57 heavy (non-hydrogen) atoms. The van der Waals surface area contributed by atoms with Gasteiger partial charge in [-0.05, 0) is 87.5 Å². The second-order valence-electron chi connectivity index (χ2n) is 14.4. The Labute approximate surface area is 330 Å². The number of hydrogen-bond donors (Lipinski definition) is 0. The Kier molecular flexibility index (Phi) is 7.82. The molecule has 0 atom stereocenters. The molecule has 11 rings (SSSR count). The number of benzene rings is 9. The van der Waals surface area contributed by atoms with E-state index in [9.17, 15) is 0 Å². The van der Waals surface area contributed by atoms with E-state index in [1.807, 2.05) is 12.1 Å². The van der Waals surface area contributed by atoms with Crippen LogP contribution in [0.25, 0.3) is 88.4 Å². The summed E-state index contributed by atoms with van der Waals surface area (Å²) in [6.07, 6.45) is 0. The van der Waals surface area contributed by atoms with Crippen LogP contribution in [0.4, 0.5) is 17.1 Å². The summed E-state index contributed by atoms with van der Waals surface area (Å²) in [5.74, 6) is 0. The van der Waals surface area contributed by atoms with E-state index in [2.05, 4.69) is 205 Å². The largest absolute Gasteiger partial charge is 0.456 e. The lowest BCUT2D eigenvalue weighted by atomic mass is 9.93. The molecule has 0 N–H and O–H groups in total. The standard InChI is InChI=1S/C54H35NO2/c1-3-13-36(14-4-1)37-25-29-40(30-26-37)55(42-33-34-49-52(35-42)56-51-24-12-20-44(53(49)51)38-15-5-2-6-16-38)41-31-27-39(28-32-41)43-17-7-8-18-45(43)47-21-11-22-48-46-19-9-10-23-50(46)57-54(47)48/h1-35H. The second kappa shape index (κ2) is 13.6. The monoisotopic (exact) mass is 729 g/mol. The number of nitrogens with zero attached hydrogens (tertiary/aromatic N) is 1. The minimum Gasteiger partial charge on any atom is -0.456 e. The van der Waals surface area contributed by atoms with Gasteiger partial charge in [0.25, 0.3) is 0 Å². The summed E-state index contributed by atoms with van der Waals surface area (Å²) in [5, 5.41) is 4.48. The van der Waals surface area contributed by atoms with E-state index < -0.39 is 0 Å². The third-order valence-electron chi connectivity index (χ3n) is 11.1. The maximum Gasteiger partial charge on any atom is 0.143 e. The predicted molar refractivity (Wildman–Crippen MR) is 237 cm³/mol. The third-order valence-corrected chi connectivity index (χ3v) is 11.1. The summed E-state index contributed by atoms with van der Waals surface area (Å²) in [4.78, 5) is 2.31. The normalized spacial score (nSPS) is 11.5. The Morgan fingerprint density at radius 1 is 0.281 bits per heavy atom. The van der Waals surface area contributed by atoms with Crippen molar-refractivity contribution in [3.8, 4) is 44.5 Å². The van der Waals surface area contributed by atoms with Gasteiger partial charge in [0.05, 0.1) is 0 Å². The Morgan fingerprint density at radius 2 is 0.807 bits per heavy atom. The first-order valence-electron chi connectivity index (χ1n) is 19.3. The fourth-order valence-corrected chi connectivity index (χ4v) is 8.41. The highest BCUT2D eigenvalue weighted by molar-refractivity contribution is 6.13. The fraction of sp³-hybridized carbons (Fsp3) is 0. The van der Waals surface area contributed by atoms with Gasteiger partial charge in [0, 0.05) is 50.2 Å². The zero-order chi connectivity index (χ0) is 37.7. The molecule has 0 aliphatic rings. The molecule has 2 aromatic heterocycles. The zero-order valence-corrected chi connectivity index (χ0v) is 31.0. The summed E-state index contributed by atoms with van der Waals surface area (Å²) >= 11 is 0. The van der Waals surface area contributed by atoms with Crippen molar-refractivity contribution in [2.45, 2.75) is 0 Å². The molecule has 11 aromatic rings. The highest BCUT2D eigenvalue weighted by Gasteiger charge is 2.19. The average molecular weight is 730 g/mol. The van der Waals surface area contributed by atoms with Crippen molar-refractivity contribution in [1.82, 2.24) is 0 Å². The highest BCUT2D eigenvalue weighted by atomic mass is 16.3. The lowest BCUT2D eigenvalue weighted by Gasteiger charge is -2.26. The van der Waals surface area contributed by atoms with Gasteiger partial charge in [-0.25, -0.2) is 0 Å². The number of hydrogen-bond acceptors (Lipinski definition) is 3. The molecule has 0 aliphatic carbocycles. The lowest BCUT2D eigenvalue weighted by molar-refractivity contribution is 0.669. The van der Waals surface area contributed by atoms with Crippen molar-refractivity contribution in [3.63, 3.8) is 0 Å². The van der Waals surface area contributed by atoms with E-state index in [1.165, 1.54) is 22.3 Å². The van der Waals surface area contributed by atoms with Gasteiger partial charge >= 0.3 is 0 Å². The van der Waals surface area contributed by atoms with Crippen LogP contribution in [0.15, 0.2) is 221 Å². The number of furan rings is 2. The van der Waals surface area contributed by atoms with Gasteiger partial charge in [-0.2, -0.15) is 0 Å². The van der Waals surface area contributed by atoms with E-state index in [0.29, 0.717) is 0 Å². The van der Waals surface area contributed by atoms with Crippen LogP contribution < -0.4 is 4.90 Å². The van der Waals surface area contributed by atoms with Gasteiger partial charge in [-0.15, -0.1) is 0 Å². The van der Waals surface area contributed by atoms with Gasteiger partial charge in [-0.3, -0.25) is 0 Å². The van der Waals surface area contributed by atoms with E-state index in [-0.39, 0.29) is 0 Å². The molecule has 0 unspecified atom stereocenters. The van der Waals surface area contributed by atoms with Crippen molar-refractivity contribution >= 4 is 60.9 Å². The van der Waals surface area contributed by atoms with Crippen LogP contribution in [0.1, 0.15) is 0 Å². The van der Waals surface area contributed by atoms with E-state index in [0.717, 1.165) is 83.2 Å². The molecule has 0 spiro atoms. The molecule has 268 valence electrons. The molecule has 0 saturated heterocycles. The van der Waals surface area contributed by atoms with Gasteiger partial charge in [-0.1, -0.05) is 158 Å². The molecule has 2 heterocycles. The minimum absolute atomic E-state index is 0.849. The van der Waals surface area contributed by atoms with Crippen LogP contribution in [-0.4, -0.2) is 0 Å². The first kappa shape index (κ1) is 32.8. The second-order valence-corrected chi connectivity index (χ2v) is 14.4. The van der Waals surface area contributed by atoms with Gasteiger partial charge in [0.2, 0.25) is 0 Å². The summed E-state index contributed by atoms with van der Waals surface area (Å²) in [7, 11) is 0. The lowest BCUT2D eigenvalue weighted by Crippen LogP contribution is -2.09. The summed E-state index contributed by atoms with van der Waals surface area (Å²) in [6, 6.07) is 75.0. The molecule has 3 heteroatoms. The fourth-order valence-electron chi connectivity index (χ4n) is 8.41. The van der Waals surface area contributed by atoms with Crippen molar-refractivity contribution < 1.29 is 8.83 Å². The Morgan fingerprint density at radius 3 is 1.58 bits per heavy atom. The van der Waals surface area contributed by atoms with Crippen molar-refractivity contribution in [2.24, 2.45) is 0 Å². The molecule has 0 aliphatic heterocycles. The highest BCUT2D eigenvalue weighted by Crippen LogP contribution is 2.44. The van der Waals surface area contributed by atoms with Crippen LogP contribution in [0.3, 0.4) is 0 Å². The van der Waals surface area contributed by atoms with E-state index in [4.69, 9.17) is 8.83 Å². The first-order valence-corrected chi connectivity index (χ1v) is 19.3. The molecule has 0 amide bonds. The first-order chi connectivity index (χ1) is 28.3. The van der Waals surface area contributed by atoms with Crippen molar-refractivity contribution in [3.05, 3.63) is 212 Å². The number of para-hydroxylation sites is 2. The molecule has 3 nitrogen and oxygen atoms in total.